The van der Waals surface area contributed by atoms with Crippen LogP contribution in [0.3, 0.4) is 0 Å². The molecule has 3 heterocycles. The van der Waals surface area contributed by atoms with E-state index in [4.69, 9.17) is 26.0 Å². The van der Waals surface area contributed by atoms with Crippen molar-refractivity contribution in [2.45, 2.75) is 37.1 Å². The maximum absolute atomic E-state index is 9.89. The second-order valence-corrected chi connectivity index (χ2v) is 4.19. The standard InChI is InChI=1S/C9H16ClNO5/c10-11-4-5-8-6(12)7(13)9(16-5)15-3-1-2-14-8/h5-9,11-13H,1-4H2. The Labute approximate surface area is 98.5 Å². The van der Waals surface area contributed by atoms with Gasteiger partial charge in [0.15, 0.2) is 6.29 Å². The third-order valence-electron chi connectivity index (χ3n) is 2.80. The molecular formula is C9H16ClNO5. The van der Waals surface area contributed by atoms with E-state index in [1.54, 1.807) is 0 Å². The fourth-order valence-electron chi connectivity index (χ4n) is 1.97. The fourth-order valence-corrected chi connectivity index (χ4v) is 2.12. The molecule has 5 atom stereocenters. The van der Waals surface area contributed by atoms with Crippen molar-refractivity contribution in [1.82, 2.24) is 4.84 Å². The minimum absolute atomic E-state index is 0.315. The molecule has 0 spiro atoms. The SMILES string of the molecule is OC1C2OCCCOC(C(CNCl)O2)C1O. The zero-order valence-electron chi connectivity index (χ0n) is 8.71. The van der Waals surface area contributed by atoms with E-state index in [1.165, 1.54) is 0 Å². The molecule has 2 bridgehead atoms. The van der Waals surface area contributed by atoms with Gasteiger partial charge in [-0.1, -0.05) is 0 Å². The zero-order valence-corrected chi connectivity index (χ0v) is 9.47. The molecule has 3 saturated heterocycles. The summed E-state index contributed by atoms with van der Waals surface area (Å²) in [6.07, 6.45) is -3.24. The van der Waals surface area contributed by atoms with Crippen LogP contribution in [0.1, 0.15) is 6.42 Å². The van der Waals surface area contributed by atoms with Gasteiger partial charge in [-0.05, 0) is 18.2 Å². The summed E-state index contributed by atoms with van der Waals surface area (Å²) in [5, 5.41) is 19.6. The Morgan fingerprint density at radius 3 is 2.69 bits per heavy atom. The number of nitrogens with one attached hydrogen (secondary N) is 1. The number of hydrogen-bond acceptors (Lipinski definition) is 6. The van der Waals surface area contributed by atoms with Gasteiger partial charge in [0.2, 0.25) is 0 Å². The monoisotopic (exact) mass is 253 g/mol. The van der Waals surface area contributed by atoms with E-state index in [0.29, 0.717) is 26.2 Å². The summed E-state index contributed by atoms with van der Waals surface area (Å²) in [4.78, 5) is 2.45. The summed E-state index contributed by atoms with van der Waals surface area (Å²) in [6.45, 7) is 1.21. The number of aliphatic hydroxyl groups is 2. The van der Waals surface area contributed by atoms with Gasteiger partial charge in [-0.2, -0.15) is 0 Å². The third-order valence-corrected chi connectivity index (χ3v) is 2.95. The minimum atomic E-state index is -1.09. The highest BCUT2D eigenvalue weighted by Gasteiger charge is 2.46. The van der Waals surface area contributed by atoms with E-state index in [-0.39, 0.29) is 0 Å². The Morgan fingerprint density at radius 2 is 1.94 bits per heavy atom. The summed E-state index contributed by atoms with van der Waals surface area (Å²) in [7, 11) is 0. The van der Waals surface area contributed by atoms with E-state index in [2.05, 4.69) is 4.84 Å². The summed E-state index contributed by atoms with van der Waals surface area (Å²) >= 11 is 5.42. The highest BCUT2D eigenvalue weighted by molar-refractivity contribution is 6.13. The van der Waals surface area contributed by atoms with E-state index in [0.717, 1.165) is 0 Å². The smallest absolute Gasteiger partial charge is 0.186 e. The van der Waals surface area contributed by atoms with Crippen molar-refractivity contribution in [1.29, 1.82) is 0 Å². The molecule has 94 valence electrons. The van der Waals surface area contributed by atoms with Gasteiger partial charge in [-0.3, -0.25) is 0 Å². The molecule has 16 heavy (non-hydrogen) atoms. The summed E-state index contributed by atoms with van der Waals surface area (Å²) in [5.74, 6) is 0. The van der Waals surface area contributed by atoms with Crippen molar-refractivity contribution in [3.63, 3.8) is 0 Å². The lowest BCUT2D eigenvalue weighted by atomic mass is 9.99. The molecule has 3 rings (SSSR count). The number of fused-ring (bicyclic) bond motifs is 6. The highest BCUT2D eigenvalue weighted by Crippen LogP contribution is 2.25. The molecule has 3 fully saturated rings. The van der Waals surface area contributed by atoms with Crippen LogP contribution in [0.2, 0.25) is 0 Å². The number of aliphatic hydroxyl groups excluding tert-OH is 2. The van der Waals surface area contributed by atoms with Crippen LogP contribution < -0.4 is 4.84 Å². The van der Waals surface area contributed by atoms with Crippen molar-refractivity contribution >= 4 is 11.8 Å². The van der Waals surface area contributed by atoms with Crippen LogP contribution in [0, 0.1) is 0 Å². The van der Waals surface area contributed by atoms with E-state index in [9.17, 15) is 10.2 Å². The van der Waals surface area contributed by atoms with Gasteiger partial charge in [-0.25, -0.2) is 4.84 Å². The predicted octanol–water partition coefficient (Wildman–Crippen LogP) is -1.02. The van der Waals surface area contributed by atoms with Crippen LogP contribution in [0.4, 0.5) is 0 Å². The molecule has 6 nitrogen and oxygen atoms in total. The molecule has 0 aliphatic carbocycles. The molecule has 0 radical (unpaired) electrons. The largest absolute Gasteiger partial charge is 0.387 e. The Bertz CT molecular complexity index is 230. The lowest BCUT2D eigenvalue weighted by Gasteiger charge is -2.41. The molecule has 0 aromatic heterocycles. The Balaban J connectivity index is 2.13. The van der Waals surface area contributed by atoms with Gasteiger partial charge >= 0.3 is 0 Å². The highest BCUT2D eigenvalue weighted by atomic mass is 35.5. The quantitative estimate of drug-likeness (QED) is 0.547. The molecule has 3 N–H and O–H groups in total. The van der Waals surface area contributed by atoms with Crippen LogP contribution in [0.5, 0.6) is 0 Å². The van der Waals surface area contributed by atoms with E-state index in [1.807, 2.05) is 0 Å². The van der Waals surface area contributed by atoms with Gasteiger partial charge in [0, 0.05) is 13.2 Å². The number of ether oxygens (including phenoxy) is 3. The Morgan fingerprint density at radius 1 is 1.19 bits per heavy atom. The first-order valence-electron chi connectivity index (χ1n) is 5.32. The normalized spacial score (nSPS) is 44.8. The molecule has 7 heteroatoms. The average molecular weight is 254 g/mol. The summed E-state index contributed by atoms with van der Waals surface area (Å²) in [5.41, 5.74) is 0. The van der Waals surface area contributed by atoms with Crippen molar-refractivity contribution in [3.05, 3.63) is 0 Å². The molecule has 0 saturated carbocycles. The molecule has 0 aromatic carbocycles. The van der Waals surface area contributed by atoms with E-state index >= 15 is 0 Å². The average Bonchev–Trinajstić information content (AvgIpc) is 2.40. The van der Waals surface area contributed by atoms with Gasteiger partial charge in [0.05, 0.1) is 6.61 Å². The predicted molar refractivity (Wildman–Crippen MR) is 54.8 cm³/mol. The number of halogens is 1. The summed E-state index contributed by atoms with van der Waals surface area (Å²) in [6, 6.07) is 0. The molecule has 0 aromatic rings. The van der Waals surface area contributed by atoms with Crippen LogP contribution in [-0.2, 0) is 14.2 Å². The lowest BCUT2D eigenvalue weighted by Crippen LogP contribution is -2.60. The van der Waals surface area contributed by atoms with Crippen molar-refractivity contribution in [2.24, 2.45) is 0 Å². The fraction of sp³-hybridized carbons (Fsp3) is 1.00. The van der Waals surface area contributed by atoms with Crippen LogP contribution in [-0.4, -0.2) is 60.7 Å². The number of rotatable bonds is 2. The first-order valence-corrected chi connectivity index (χ1v) is 5.70. The van der Waals surface area contributed by atoms with Crippen molar-refractivity contribution in [3.8, 4) is 0 Å². The minimum Gasteiger partial charge on any atom is -0.387 e. The van der Waals surface area contributed by atoms with E-state index < -0.39 is 30.7 Å². The molecule has 3 aliphatic rings. The van der Waals surface area contributed by atoms with Crippen LogP contribution in [0.25, 0.3) is 0 Å². The van der Waals surface area contributed by atoms with Crippen molar-refractivity contribution < 1.29 is 24.4 Å². The van der Waals surface area contributed by atoms with Crippen LogP contribution in [0.15, 0.2) is 0 Å². The lowest BCUT2D eigenvalue weighted by molar-refractivity contribution is -0.292. The summed E-state index contributed by atoms with van der Waals surface area (Å²) < 4.78 is 16.3. The maximum Gasteiger partial charge on any atom is 0.186 e. The molecule has 3 aliphatic heterocycles. The van der Waals surface area contributed by atoms with Gasteiger partial charge in [0.25, 0.3) is 0 Å². The molecule has 5 unspecified atom stereocenters. The van der Waals surface area contributed by atoms with Gasteiger partial charge in [-0.15, -0.1) is 0 Å². The first-order chi connectivity index (χ1) is 7.74. The molecule has 0 amide bonds. The first kappa shape index (κ1) is 12.5. The topological polar surface area (TPSA) is 80.2 Å². The van der Waals surface area contributed by atoms with Crippen LogP contribution >= 0.6 is 11.8 Å². The Kier molecular flexibility index (Phi) is 4.37. The second-order valence-electron chi connectivity index (χ2n) is 3.92. The molecular weight excluding hydrogens is 238 g/mol. The maximum atomic E-state index is 9.89. The third kappa shape index (κ3) is 2.48. The van der Waals surface area contributed by atoms with Gasteiger partial charge < -0.3 is 24.4 Å². The van der Waals surface area contributed by atoms with Gasteiger partial charge in [0.1, 0.15) is 24.4 Å². The number of hydrogen-bond donors (Lipinski definition) is 3. The Hall–Kier alpha value is 0.0500. The zero-order chi connectivity index (χ0) is 11.5. The van der Waals surface area contributed by atoms with Crippen molar-refractivity contribution in [2.75, 3.05) is 19.8 Å². The second kappa shape index (κ2) is 5.59.